The van der Waals surface area contributed by atoms with Gasteiger partial charge in [0.05, 0.1) is 6.61 Å². The van der Waals surface area contributed by atoms with E-state index in [4.69, 9.17) is 9.16 Å². The summed E-state index contributed by atoms with van der Waals surface area (Å²) >= 11 is 0. The van der Waals surface area contributed by atoms with Crippen molar-refractivity contribution in [3.8, 4) is 0 Å². The second-order valence-corrected chi connectivity index (χ2v) is 15.7. The largest absolute Gasteiger partial charge is 0.491 e. The molecule has 3 rings (SSSR count). The van der Waals surface area contributed by atoms with Gasteiger partial charge in [0.15, 0.2) is 8.32 Å². The van der Waals surface area contributed by atoms with Crippen LogP contribution in [0.2, 0.25) is 18.1 Å². The van der Waals surface area contributed by atoms with Crippen molar-refractivity contribution in [2.45, 2.75) is 44.4 Å². The molecule has 1 fully saturated rings. The van der Waals surface area contributed by atoms with E-state index in [0.29, 0.717) is 0 Å². The monoisotopic (exact) mass is 440 g/mol. The van der Waals surface area contributed by atoms with Gasteiger partial charge in [-0.15, -0.1) is 0 Å². The van der Waals surface area contributed by atoms with Crippen molar-refractivity contribution in [2.24, 2.45) is 0 Å². The molecule has 1 aromatic rings. The molecule has 9 heteroatoms. The molecule has 160 valence electrons. The molecule has 6 nitrogen and oxygen atoms in total. The minimum absolute atomic E-state index is 0.0105. The van der Waals surface area contributed by atoms with E-state index in [0.717, 1.165) is 4.31 Å². The second kappa shape index (κ2) is 6.85. The zero-order valence-corrected chi connectivity index (χ0v) is 19.6. The minimum atomic E-state index is -3.97. The van der Waals surface area contributed by atoms with E-state index >= 15 is 0 Å². The second-order valence-electron chi connectivity index (χ2n) is 9.02. The molecule has 0 saturated carbocycles. The Morgan fingerprint density at radius 3 is 2.55 bits per heavy atom. The van der Waals surface area contributed by atoms with Gasteiger partial charge in [0.25, 0.3) is 10.0 Å². The maximum absolute atomic E-state index is 14.8. The van der Waals surface area contributed by atoms with Crippen LogP contribution < -0.4 is 5.32 Å². The Balaban J connectivity index is 2.14. The Morgan fingerprint density at radius 2 is 1.97 bits per heavy atom. The van der Waals surface area contributed by atoms with Crippen molar-refractivity contribution in [2.75, 3.05) is 20.3 Å². The number of rotatable bonds is 4. The SMILES string of the molecule is C=C1NC2(c3ccccc3F)COC(CO[Si](C)(C)C(C)(C)C)=C2S(=O)(=O)N1C. The molecule has 0 bridgehead atoms. The topological polar surface area (TPSA) is 67.9 Å². The highest BCUT2D eigenvalue weighted by Gasteiger charge is 2.57. The van der Waals surface area contributed by atoms with Crippen LogP contribution in [0.5, 0.6) is 0 Å². The van der Waals surface area contributed by atoms with Gasteiger partial charge in [-0.25, -0.2) is 12.8 Å². The zero-order chi connectivity index (χ0) is 21.8. The molecule has 2 aliphatic rings. The van der Waals surface area contributed by atoms with Crippen LogP contribution in [0.25, 0.3) is 0 Å². The van der Waals surface area contributed by atoms with E-state index in [-0.39, 0.29) is 40.3 Å². The van der Waals surface area contributed by atoms with Crippen molar-refractivity contribution >= 4 is 18.3 Å². The lowest BCUT2D eigenvalue weighted by atomic mass is 9.90. The summed E-state index contributed by atoms with van der Waals surface area (Å²) in [6.45, 7) is 14.2. The molecular formula is C20H29FN2O4SSi. The van der Waals surface area contributed by atoms with E-state index in [1.807, 2.05) is 0 Å². The van der Waals surface area contributed by atoms with E-state index in [1.54, 1.807) is 18.2 Å². The Kier molecular flexibility index (Phi) is 5.16. The normalized spacial score (nSPS) is 24.2. The lowest BCUT2D eigenvalue weighted by molar-refractivity contribution is 0.153. The quantitative estimate of drug-likeness (QED) is 0.725. The van der Waals surface area contributed by atoms with Crippen LogP contribution in [0, 0.1) is 5.82 Å². The van der Waals surface area contributed by atoms with Crippen LogP contribution in [0.3, 0.4) is 0 Å². The van der Waals surface area contributed by atoms with Crippen molar-refractivity contribution < 1.29 is 22.0 Å². The third-order valence-corrected chi connectivity index (χ3v) is 12.7. The molecule has 1 unspecified atom stereocenters. The Bertz CT molecular complexity index is 984. The summed E-state index contributed by atoms with van der Waals surface area (Å²) in [5.41, 5.74) is -1.17. The highest BCUT2D eigenvalue weighted by atomic mass is 32.2. The summed E-state index contributed by atoms with van der Waals surface area (Å²) < 4.78 is 54.6. The fraction of sp³-hybridized carbons (Fsp3) is 0.500. The van der Waals surface area contributed by atoms with Crippen LogP contribution in [-0.4, -0.2) is 41.3 Å². The Morgan fingerprint density at radius 1 is 1.34 bits per heavy atom. The summed E-state index contributed by atoms with van der Waals surface area (Å²) in [7, 11) is -4.71. The van der Waals surface area contributed by atoms with E-state index in [9.17, 15) is 12.8 Å². The van der Waals surface area contributed by atoms with E-state index in [2.05, 4.69) is 45.8 Å². The standard InChI is InChI=1S/C20H29FN2O4SSi/c1-14-22-20(15-10-8-9-11-16(15)21)13-26-17(18(20)28(24,25)23(14)5)12-27-29(6,7)19(2,3)4/h8-11,22H,1,12-13H2,2-7H3. The number of nitrogens with one attached hydrogen (secondary N) is 1. The number of halogens is 1. The summed E-state index contributed by atoms with van der Waals surface area (Å²) in [4.78, 5) is -0.0105. The van der Waals surface area contributed by atoms with Crippen LogP contribution >= 0.6 is 0 Å². The number of hydrogen-bond donors (Lipinski definition) is 1. The van der Waals surface area contributed by atoms with Gasteiger partial charge in [-0.3, -0.25) is 4.31 Å². The smallest absolute Gasteiger partial charge is 0.267 e. The summed E-state index contributed by atoms with van der Waals surface area (Å²) in [6, 6.07) is 6.11. The van der Waals surface area contributed by atoms with Gasteiger partial charge in [-0.05, 0) is 24.2 Å². The maximum atomic E-state index is 14.8. The summed E-state index contributed by atoms with van der Waals surface area (Å²) in [6.07, 6.45) is 0. The lowest BCUT2D eigenvalue weighted by Crippen LogP contribution is -2.56. The first-order valence-electron chi connectivity index (χ1n) is 9.45. The lowest BCUT2D eigenvalue weighted by Gasteiger charge is -2.41. The number of nitrogens with zero attached hydrogens (tertiary/aromatic N) is 1. The summed E-state index contributed by atoms with van der Waals surface area (Å²) in [5, 5.41) is 3.05. The van der Waals surface area contributed by atoms with Crippen LogP contribution in [0.4, 0.5) is 4.39 Å². The van der Waals surface area contributed by atoms with Crippen LogP contribution in [0.15, 0.2) is 47.3 Å². The average Bonchev–Trinajstić information content (AvgIpc) is 2.98. The van der Waals surface area contributed by atoms with Crippen molar-refractivity contribution in [3.05, 3.63) is 58.7 Å². The first-order valence-corrected chi connectivity index (χ1v) is 13.8. The molecular weight excluding hydrogens is 411 g/mol. The molecule has 2 heterocycles. The highest BCUT2D eigenvalue weighted by Crippen LogP contribution is 2.47. The number of ether oxygens (including phenoxy) is 1. The van der Waals surface area contributed by atoms with Gasteiger partial charge >= 0.3 is 0 Å². The predicted octanol–water partition coefficient (Wildman–Crippen LogP) is 3.62. The third kappa shape index (κ3) is 3.38. The maximum Gasteiger partial charge on any atom is 0.267 e. The molecule has 0 radical (unpaired) electrons. The molecule has 2 aliphatic heterocycles. The van der Waals surface area contributed by atoms with Crippen molar-refractivity contribution in [1.29, 1.82) is 0 Å². The van der Waals surface area contributed by atoms with Gasteiger partial charge in [0.2, 0.25) is 0 Å². The first-order chi connectivity index (χ1) is 13.2. The predicted molar refractivity (Wildman–Crippen MR) is 113 cm³/mol. The number of sulfonamides is 1. The minimum Gasteiger partial charge on any atom is -0.491 e. The number of fused-ring (bicyclic) bond motifs is 1. The molecule has 1 aromatic carbocycles. The van der Waals surface area contributed by atoms with E-state index < -0.39 is 29.7 Å². The first kappa shape index (κ1) is 21.9. The highest BCUT2D eigenvalue weighted by molar-refractivity contribution is 7.93. The Hall–Kier alpha value is -1.84. The third-order valence-electron chi connectivity index (χ3n) is 6.16. The van der Waals surface area contributed by atoms with Crippen LogP contribution in [0.1, 0.15) is 26.3 Å². The molecule has 0 amide bonds. The fourth-order valence-electron chi connectivity index (χ4n) is 3.27. The Labute approximate surface area is 173 Å². The number of benzene rings is 1. The van der Waals surface area contributed by atoms with Crippen molar-refractivity contribution in [1.82, 2.24) is 9.62 Å². The van der Waals surface area contributed by atoms with E-state index in [1.165, 1.54) is 13.1 Å². The van der Waals surface area contributed by atoms with Gasteiger partial charge in [-0.2, -0.15) is 0 Å². The summed E-state index contributed by atoms with van der Waals surface area (Å²) in [5.74, 6) is -0.141. The molecule has 1 saturated heterocycles. The van der Waals surface area contributed by atoms with Gasteiger partial charge < -0.3 is 14.5 Å². The fourth-order valence-corrected chi connectivity index (χ4v) is 5.87. The molecule has 1 N–H and O–H groups in total. The van der Waals surface area contributed by atoms with Gasteiger partial charge in [0, 0.05) is 12.6 Å². The molecule has 1 atom stereocenters. The van der Waals surface area contributed by atoms with Crippen LogP contribution in [-0.2, 0) is 24.7 Å². The molecule has 0 aromatic heterocycles. The number of hydrogen-bond acceptors (Lipinski definition) is 5. The molecule has 0 aliphatic carbocycles. The average molecular weight is 441 g/mol. The van der Waals surface area contributed by atoms with Gasteiger partial charge in [-0.1, -0.05) is 45.5 Å². The van der Waals surface area contributed by atoms with Gasteiger partial charge in [0.1, 0.15) is 34.4 Å². The van der Waals surface area contributed by atoms with Crippen molar-refractivity contribution in [3.63, 3.8) is 0 Å². The molecule has 0 spiro atoms. The molecule has 29 heavy (non-hydrogen) atoms. The zero-order valence-electron chi connectivity index (χ0n) is 17.8.